The first kappa shape index (κ1) is 12.8. The van der Waals surface area contributed by atoms with Crippen LogP contribution in [0.15, 0.2) is 18.2 Å². The minimum atomic E-state index is -0.440. The summed E-state index contributed by atoms with van der Waals surface area (Å²) in [4.78, 5) is 2.08. The average Bonchev–Trinajstić information content (AvgIpc) is 2.38. The van der Waals surface area contributed by atoms with Gasteiger partial charge in [0.15, 0.2) is 0 Å². The molecular weight excluding hydrogens is 229 g/mol. The SMILES string of the molecule is CC(N)C1CCN(c2cccc(F)c2C#N)CC1. The fraction of sp³-hybridized carbons (Fsp3) is 0.500. The highest BCUT2D eigenvalue weighted by Crippen LogP contribution is 2.28. The fourth-order valence-electron chi connectivity index (χ4n) is 2.55. The first-order valence-corrected chi connectivity index (χ1v) is 6.32. The van der Waals surface area contributed by atoms with Crippen LogP contribution < -0.4 is 10.6 Å². The molecule has 0 bridgehead atoms. The first-order chi connectivity index (χ1) is 8.63. The number of anilines is 1. The van der Waals surface area contributed by atoms with Crippen LogP contribution in [-0.4, -0.2) is 19.1 Å². The molecule has 1 unspecified atom stereocenters. The van der Waals surface area contributed by atoms with E-state index in [1.54, 1.807) is 6.07 Å². The molecule has 4 heteroatoms. The summed E-state index contributed by atoms with van der Waals surface area (Å²) in [6.07, 6.45) is 2.00. The summed E-state index contributed by atoms with van der Waals surface area (Å²) in [6.45, 7) is 3.71. The van der Waals surface area contributed by atoms with Gasteiger partial charge in [-0.05, 0) is 37.8 Å². The van der Waals surface area contributed by atoms with Crippen molar-refractivity contribution in [3.63, 3.8) is 0 Å². The molecule has 3 nitrogen and oxygen atoms in total. The maximum atomic E-state index is 13.5. The third kappa shape index (κ3) is 2.46. The van der Waals surface area contributed by atoms with Gasteiger partial charge in [0.2, 0.25) is 0 Å². The number of nitriles is 1. The molecule has 0 amide bonds. The maximum Gasteiger partial charge on any atom is 0.143 e. The standard InChI is InChI=1S/C14H18FN3/c1-10(17)11-5-7-18(8-6-11)14-4-2-3-13(15)12(14)9-16/h2-4,10-11H,5-8,17H2,1H3. The van der Waals surface area contributed by atoms with E-state index in [9.17, 15) is 4.39 Å². The molecule has 1 aliphatic heterocycles. The lowest BCUT2D eigenvalue weighted by Crippen LogP contribution is -2.40. The molecular formula is C14H18FN3. The summed E-state index contributed by atoms with van der Waals surface area (Å²) >= 11 is 0. The molecule has 1 fully saturated rings. The monoisotopic (exact) mass is 247 g/mol. The Kier molecular flexibility index (Phi) is 3.83. The highest BCUT2D eigenvalue weighted by atomic mass is 19.1. The second kappa shape index (κ2) is 5.36. The van der Waals surface area contributed by atoms with E-state index in [1.807, 2.05) is 19.1 Å². The molecule has 0 aromatic heterocycles. The molecule has 1 aliphatic rings. The van der Waals surface area contributed by atoms with Gasteiger partial charge in [0.25, 0.3) is 0 Å². The molecule has 1 saturated heterocycles. The summed E-state index contributed by atoms with van der Waals surface area (Å²) < 4.78 is 13.5. The van der Waals surface area contributed by atoms with Crippen molar-refractivity contribution in [2.75, 3.05) is 18.0 Å². The van der Waals surface area contributed by atoms with Gasteiger partial charge >= 0.3 is 0 Å². The van der Waals surface area contributed by atoms with Gasteiger partial charge in [-0.2, -0.15) is 5.26 Å². The summed E-state index contributed by atoms with van der Waals surface area (Å²) in [6, 6.07) is 6.96. The number of hydrogen-bond donors (Lipinski definition) is 1. The van der Waals surface area contributed by atoms with E-state index in [4.69, 9.17) is 11.0 Å². The zero-order valence-corrected chi connectivity index (χ0v) is 10.6. The number of nitrogens with zero attached hydrogens (tertiary/aromatic N) is 2. The molecule has 0 aliphatic carbocycles. The molecule has 0 saturated carbocycles. The van der Waals surface area contributed by atoms with Gasteiger partial charge in [0.05, 0.1) is 5.69 Å². The van der Waals surface area contributed by atoms with Gasteiger partial charge in [0, 0.05) is 19.1 Å². The normalized spacial score (nSPS) is 18.4. The van der Waals surface area contributed by atoms with Crippen LogP contribution in [0, 0.1) is 23.1 Å². The average molecular weight is 247 g/mol. The Hall–Kier alpha value is -1.60. The van der Waals surface area contributed by atoms with Gasteiger partial charge < -0.3 is 10.6 Å². The highest BCUT2D eigenvalue weighted by Gasteiger charge is 2.24. The lowest BCUT2D eigenvalue weighted by molar-refractivity contribution is 0.354. The minimum absolute atomic E-state index is 0.150. The van der Waals surface area contributed by atoms with Gasteiger partial charge in [-0.1, -0.05) is 6.07 Å². The number of benzene rings is 1. The van der Waals surface area contributed by atoms with Gasteiger partial charge in [-0.15, -0.1) is 0 Å². The summed E-state index contributed by atoms with van der Waals surface area (Å²) in [5.41, 5.74) is 6.76. The minimum Gasteiger partial charge on any atom is -0.370 e. The van der Waals surface area contributed by atoms with Gasteiger partial charge in [0.1, 0.15) is 17.4 Å². The predicted octanol–water partition coefficient (Wildman–Crippen LogP) is 2.26. The van der Waals surface area contributed by atoms with E-state index in [-0.39, 0.29) is 11.6 Å². The number of hydrogen-bond acceptors (Lipinski definition) is 3. The van der Waals surface area contributed by atoms with E-state index in [0.29, 0.717) is 11.6 Å². The van der Waals surface area contributed by atoms with Crippen LogP contribution in [0.3, 0.4) is 0 Å². The molecule has 1 heterocycles. The second-order valence-electron chi connectivity index (χ2n) is 4.93. The van der Waals surface area contributed by atoms with Crippen molar-refractivity contribution in [1.29, 1.82) is 5.26 Å². The largest absolute Gasteiger partial charge is 0.370 e. The Morgan fingerprint density at radius 2 is 2.11 bits per heavy atom. The van der Waals surface area contributed by atoms with Crippen molar-refractivity contribution in [1.82, 2.24) is 0 Å². The Balaban J connectivity index is 2.15. The van der Waals surface area contributed by atoms with Gasteiger partial charge in [-0.3, -0.25) is 0 Å². The maximum absolute atomic E-state index is 13.5. The fourth-order valence-corrected chi connectivity index (χ4v) is 2.55. The molecule has 96 valence electrons. The van der Waals surface area contributed by atoms with Crippen LogP contribution in [0.5, 0.6) is 0 Å². The molecule has 0 radical (unpaired) electrons. The molecule has 0 spiro atoms. The van der Waals surface area contributed by atoms with E-state index in [0.717, 1.165) is 25.9 Å². The van der Waals surface area contributed by atoms with Crippen molar-refractivity contribution in [2.45, 2.75) is 25.8 Å². The van der Waals surface area contributed by atoms with Crippen LogP contribution in [0.2, 0.25) is 0 Å². The molecule has 1 aromatic rings. The van der Waals surface area contributed by atoms with Crippen LogP contribution in [0.1, 0.15) is 25.3 Å². The molecule has 1 atom stereocenters. The summed E-state index contributed by atoms with van der Waals surface area (Å²) in [7, 11) is 0. The number of nitrogens with two attached hydrogens (primary N) is 1. The van der Waals surface area contributed by atoms with E-state index < -0.39 is 5.82 Å². The Labute approximate surface area is 107 Å². The molecule has 18 heavy (non-hydrogen) atoms. The number of piperidine rings is 1. The third-order valence-electron chi connectivity index (χ3n) is 3.73. The summed E-state index contributed by atoms with van der Waals surface area (Å²) in [5.74, 6) is 0.0876. The Morgan fingerprint density at radius 1 is 1.44 bits per heavy atom. The second-order valence-corrected chi connectivity index (χ2v) is 4.93. The highest BCUT2D eigenvalue weighted by molar-refractivity contribution is 5.60. The Morgan fingerprint density at radius 3 is 2.67 bits per heavy atom. The smallest absolute Gasteiger partial charge is 0.143 e. The Bertz CT molecular complexity index is 457. The summed E-state index contributed by atoms with van der Waals surface area (Å²) in [5, 5.41) is 9.03. The molecule has 2 N–H and O–H groups in total. The van der Waals surface area contributed by atoms with E-state index in [2.05, 4.69) is 4.90 Å². The van der Waals surface area contributed by atoms with Crippen LogP contribution in [-0.2, 0) is 0 Å². The lowest BCUT2D eigenvalue weighted by atomic mass is 9.90. The quantitative estimate of drug-likeness (QED) is 0.872. The number of halogens is 1. The van der Waals surface area contributed by atoms with Crippen molar-refractivity contribution >= 4 is 5.69 Å². The lowest BCUT2D eigenvalue weighted by Gasteiger charge is -2.35. The molecule has 2 rings (SSSR count). The van der Waals surface area contributed by atoms with Crippen LogP contribution in [0.25, 0.3) is 0 Å². The van der Waals surface area contributed by atoms with Crippen LogP contribution in [0.4, 0.5) is 10.1 Å². The van der Waals surface area contributed by atoms with E-state index >= 15 is 0 Å². The van der Waals surface area contributed by atoms with Crippen molar-refractivity contribution < 1.29 is 4.39 Å². The van der Waals surface area contributed by atoms with Crippen molar-refractivity contribution in [2.24, 2.45) is 11.7 Å². The van der Waals surface area contributed by atoms with Crippen LogP contribution >= 0.6 is 0 Å². The van der Waals surface area contributed by atoms with Gasteiger partial charge in [-0.25, -0.2) is 4.39 Å². The first-order valence-electron chi connectivity index (χ1n) is 6.32. The zero-order chi connectivity index (χ0) is 13.1. The number of rotatable bonds is 2. The predicted molar refractivity (Wildman–Crippen MR) is 69.7 cm³/mol. The molecule has 1 aromatic carbocycles. The topological polar surface area (TPSA) is 53.0 Å². The third-order valence-corrected chi connectivity index (χ3v) is 3.73. The van der Waals surface area contributed by atoms with Crippen molar-refractivity contribution in [3.05, 3.63) is 29.6 Å². The van der Waals surface area contributed by atoms with Crippen molar-refractivity contribution in [3.8, 4) is 6.07 Å². The van der Waals surface area contributed by atoms with E-state index in [1.165, 1.54) is 6.07 Å². The zero-order valence-electron chi connectivity index (χ0n) is 10.6.